The van der Waals surface area contributed by atoms with Crippen LogP contribution in [0.5, 0.6) is 0 Å². The third-order valence-corrected chi connectivity index (χ3v) is 2.72. The van der Waals surface area contributed by atoms with Gasteiger partial charge in [0.05, 0.1) is 23.8 Å². The van der Waals surface area contributed by atoms with Crippen LogP contribution in [0, 0.1) is 0 Å². The van der Waals surface area contributed by atoms with Gasteiger partial charge in [0.1, 0.15) is 4.88 Å². The summed E-state index contributed by atoms with van der Waals surface area (Å²) in [4.78, 5) is 17.7. The minimum Gasteiger partial charge on any atom is -0.396 e. The van der Waals surface area contributed by atoms with E-state index in [1.54, 1.807) is 19.3 Å². The van der Waals surface area contributed by atoms with E-state index in [2.05, 4.69) is 14.6 Å². The highest BCUT2D eigenvalue weighted by atomic mass is 32.1. The Morgan fingerprint density at radius 1 is 1.50 bits per heavy atom. The topological polar surface area (TPSA) is 85.0 Å². The molecule has 0 aromatic carbocycles. The third kappa shape index (κ3) is 1.84. The Hall–Kier alpha value is -2.02. The molecule has 0 saturated heterocycles. The van der Waals surface area contributed by atoms with Gasteiger partial charge in [-0.05, 0) is 17.6 Å². The van der Waals surface area contributed by atoms with Gasteiger partial charge < -0.3 is 10.6 Å². The van der Waals surface area contributed by atoms with Crippen LogP contribution in [0.1, 0.15) is 9.67 Å². The molecular formula is C9H9N5OS. The van der Waals surface area contributed by atoms with Gasteiger partial charge in [0.2, 0.25) is 0 Å². The van der Waals surface area contributed by atoms with Gasteiger partial charge in [-0.15, -0.1) is 5.10 Å². The number of anilines is 2. The van der Waals surface area contributed by atoms with Crippen molar-refractivity contribution in [1.82, 2.24) is 14.6 Å². The smallest absolute Gasteiger partial charge is 0.271 e. The van der Waals surface area contributed by atoms with Crippen LogP contribution in [-0.2, 0) is 0 Å². The molecule has 7 heteroatoms. The lowest BCUT2D eigenvalue weighted by molar-refractivity contribution is 0.0996. The van der Waals surface area contributed by atoms with E-state index in [1.165, 1.54) is 17.3 Å². The molecule has 0 atom stereocenters. The lowest BCUT2D eigenvalue weighted by atomic mass is 10.3. The van der Waals surface area contributed by atoms with Crippen molar-refractivity contribution in [2.45, 2.75) is 0 Å². The number of carbonyl (C=O) groups excluding carboxylic acids is 1. The predicted octanol–water partition coefficient (Wildman–Crippen LogP) is 0.792. The van der Waals surface area contributed by atoms with Crippen LogP contribution >= 0.6 is 11.5 Å². The summed E-state index contributed by atoms with van der Waals surface area (Å²) >= 11 is 1.05. The van der Waals surface area contributed by atoms with Crippen molar-refractivity contribution >= 4 is 28.8 Å². The molecule has 2 aromatic rings. The summed E-state index contributed by atoms with van der Waals surface area (Å²) in [7, 11) is 1.65. The molecule has 16 heavy (non-hydrogen) atoms. The number of nitrogen functional groups attached to an aromatic ring is 1. The van der Waals surface area contributed by atoms with Crippen molar-refractivity contribution in [3.63, 3.8) is 0 Å². The fourth-order valence-electron chi connectivity index (χ4n) is 1.24. The Morgan fingerprint density at radius 3 is 2.94 bits per heavy atom. The summed E-state index contributed by atoms with van der Waals surface area (Å²) in [5.41, 5.74) is 6.80. The van der Waals surface area contributed by atoms with Crippen LogP contribution in [0.3, 0.4) is 0 Å². The van der Waals surface area contributed by atoms with Crippen molar-refractivity contribution in [2.24, 2.45) is 0 Å². The molecule has 0 aliphatic carbocycles. The van der Waals surface area contributed by atoms with Gasteiger partial charge in [-0.2, -0.15) is 0 Å². The quantitative estimate of drug-likeness (QED) is 0.831. The maximum Gasteiger partial charge on any atom is 0.271 e. The van der Waals surface area contributed by atoms with Gasteiger partial charge in [0.15, 0.2) is 0 Å². The summed E-state index contributed by atoms with van der Waals surface area (Å²) in [6, 6.07) is 1.68. The molecule has 1 amide bonds. The van der Waals surface area contributed by atoms with Gasteiger partial charge in [-0.25, -0.2) is 0 Å². The molecule has 0 bridgehead atoms. The fourth-order valence-corrected chi connectivity index (χ4v) is 1.73. The first-order chi connectivity index (χ1) is 7.70. The van der Waals surface area contributed by atoms with Crippen molar-refractivity contribution < 1.29 is 4.79 Å². The molecule has 0 fully saturated rings. The summed E-state index contributed by atoms with van der Waals surface area (Å²) in [5.74, 6) is -0.187. The highest BCUT2D eigenvalue weighted by Crippen LogP contribution is 2.22. The molecular weight excluding hydrogens is 226 g/mol. The summed E-state index contributed by atoms with van der Waals surface area (Å²) < 4.78 is 3.64. The highest BCUT2D eigenvalue weighted by molar-refractivity contribution is 7.07. The molecule has 6 nitrogen and oxygen atoms in total. The SMILES string of the molecule is CN(C(=O)c1cnns1)c1ccncc1N. The minimum absolute atomic E-state index is 0.187. The van der Waals surface area contributed by atoms with Crippen LogP contribution < -0.4 is 10.6 Å². The largest absolute Gasteiger partial charge is 0.396 e. The van der Waals surface area contributed by atoms with Crippen LogP contribution in [0.4, 0.5) is 11.4 Å². The number of aromatic nitrogens is 3. The van der Waals surface area contributed by atoms with E-state index in [0.29, 0.717) is 16.3 Å². The zero-order valence-corrected chi connectivity index (χ0v) is 9.31. The second kappa shape index (κ2) is 4.23. The van der Waals surface area contributed by atoms with Crippen molar-refractivity contribution in [2.75, 3.05) is 17.7 Å². The molecule has 0 spiro atoms. The van der Waals surface area contributed by atoms with Crippen molar-refractivity contribution in [3.8, 4) is 0 Å². The normalized spacial score (nSPS) is 10.1. The number of nitrogens with zero attached hydrogens (tertiary/aromatic N) is 4. The molecule has 2 heterocycles. The Labute approximate surface area is 95.9 Å². The number of hydrogen-bond acceptors (Lipinski definition) is 6. The zero-order valence-electron chi connectivity index (χ0n) is 8.49. The fraction of sp³-hybridized carbons (Fsp3) is 0.111. The van der Waals surface area contributed by atoms with E-state index < -0.39 is 0 Å². The number of amides is 1. The molecule has 0 radical (unpaired) electrons. The molecule has 0 unspecified atom stereocenters. The summed E-state index contributed by atoms with van der Waals surface area (Å²) in [6.45, 7) is 0. The number of rotatable bonds is 2. The Kier molecular flexibility index (Phi) is 2.78. The molecule has 82 valence electrons. The monoisotopic (exact) mass is 235 g/mol. The predicted molar refractivity (Wildman–Crippen MR) is 61.3 cm³/mol. The van der Waals surface area contributed by atoms with Gasteiger partial charge in [-0.3, -0.25) is 9.78 Å². The van der Waals surface area contributed by atoms with Crippen LogP contribution in [0.15, 0.2) is 24.7 Å². The molecule has 0 aliphatic rings. The maximum atomic E-state index is 11.9. The second-order valence-corrected chi connectivity index (χ2v) is 3.87. The number of pyridine rings is 1. The van der Waals surface area contributed by atoms with E-state index in [-0.39, 0.29) is 5.91 Å². The Morgan fingerprint density at radius 2 is 2.31 bits per heavy atom. The van der Waals surface area contributed by atoms with E-state index in [4.69, 9.17) is 5.73 Å². The van der Waals surface area contributed by atoms with Gasteiger partial charge >= 0.3 is 0 Å². The van der Waals surface area contributed by atoms with Crippen LogP contribution in [0.2, 0.25) is 0 Å². The first-order valence-electron chi connectivity index (χ1n) is 4.45. The van der Waals surface area contributed by atoms with Gasteiger partial charge in [0.25, 0.3) is 5.91 Å². The number of nitrogens with two attached hydrogens (primary N) is 1. The molecule has 0 saturated carbocycles. The molecule has 2 aromatic heterocycles. The second-order valence-electron chi connectivity index (χ2n) is 3.08. The van der Waals surface area contributed by atoms with Gasteiger partial charge in [-0.1, -0.05) is 4.49 Å². The standard InChI is InChI=1S/C9H9N5OS/c1-14(7-2-3-11-4-6(7)10)9(15)8-5-12-13-16-8/h2-5H,10H2,1H3. The van der Waals surface area contributed by atoms with Crippen molar-refractivity contribution in [1.29, 1.82) is 0 Å². The third-order valence-electron chi connectivity index (χ3n) is 2.07. The molecule has 2 N–H and O–H groups in total. The first kappa shape index (κ1) is 10.5. The molecule has 2 rings (SSSR count). The number of hydrogen-bond donors (Lipinski definition) is 1. The lowest BCUT2D eigenvalue weighted by Gasteiger charge is -2.17. The molecule has 0 aliphatic heterocycles. The lowest BCUT2D eigenvalue weighted by Crippen LogP contribution is -2.26. The minimum atomic E-state index is -0.187. The van der Waals surface area contributed by atoms with Crippen LogP contribution in [-0.4, -0.2) is 27.5 Å². The zero-order chi connectivity index (χ0) is 11.5. The first-order valence-corrected chi connectivity index (χ1v) is 5.22. The summed E-state index contributed by atoms with van der Waals surface area (Å²) in [6.07, 6.45) is 4.52. The maximum absolute atomic E-state index is 11.9. The average molecular weight is 235 g/mol. The summed E-state index contributed by atoms with van der Waals surface area (Å²) in [5, 5.41) is 3.62. The number of carbonyl (C=O) groups is 1. The Bertz CT molecular complexity index is 498. The van der Waals surface area contributed by atoms with Crippen molar-refractivity contribution in [3.05, 3.63) is 29.5 Å². The van der Waals surface area contributed by atoms with Gasteiger partial charge in [0, 0.05) is 13.2 Å². The Balaban J connectivity index is 2.30. The van der Waals surface area contributed by atoms with E-state index in [1.807, 2.05) is 0 Å². The van der Waals surface area contributed by atoms with E-state index >= 15 is 0 Å². The highest BCUT2D eigenvalue weighted by Gasteiger charge is 2.17. The van der Waals surface area contributed by atoms with E-state index in [9.17, 15) is 4.79 Å². The van der Waals surface area contributed by atoms with E-state index in [0.717, 1.165) is 11.5 Å². The average Bonchev–Trinajstić information content (AvgIpc) is 2.81. The van der Waals surface area contributed by atoms with Crippen LogP contribution in [0.25, 0.3) is 0 Å².